The predicted molar refractivity (Wildman–Crippen MR) is 59.8 cm³/mol. The van der Waals surface area contributed by atoms with Crippen LogP contribution in [0.15, 0.2) is 12.4 Å². The number of hydrogen-bond acceptors (Lipinski definition) is 4. The molecule has 0 amide bonds. The van der Waals surface area contributed by atoms with Crippen molar-refractivity contribution in [1.82, 2.24) is 14.4 Å². The minimum Gasteiger partial charge on any atom is -0.367 e. The van der Waals surface area contributed by atoms with Gasteiger partial charge in [-0.1, -0.05) is 0 Å². The smallest absolute Gasteiger partial charge is 0.172 e. The first-order valence-corrected chi connectivity index (χ1v) is 5.34. The highest BCUT2D eigenvalue weighted by molar-refractivity contribution is 5.82. The fourth-order valence-electron chi connectivity index (χ4n) is 1.73. The van der Waals surface area contributed by atoms with E-state index < -0.39 is 0 Å². The molecule has 1 N–H and O–H groups in total. The Morgan fingerprint density at radius 1 is 1.56 bits per heavy atom. The zero-order chi connectivity index (χ0) is 11.1. The Hall–Kier alpha value is -1.91. The van der Waals surface area contributed by atoms with Crippen LogP contribution in [-0.2, 0) is 0 Å². The van der Waals surface area contributed by atoms with E-state index in [1.165, 1.54) is 12.8 Å². The second-order valence-corrected chi connectivity index (χ2v) is 4.14. The van der Waals surface area contributed by atoms with Gasteiger partial charge in [-0.2, -0.15) is 0 Å². The van der Waals surface area contributed by atoms with Crippen LogP contribution in [0.3, 0.4) is 0 Å². The van der Waals surface area contributed by atoms with E-state index in [-0.39, 0.29) is 0 Å². The van der Waals surface area contributed by atoms with Crippen molar-refractivity contribution in [1.29, 1.82) is 0 Å². The first-order valence-electron chi connectivity index (χ1n) is 5.34. The van der Waals surface area contributed by atoms with E-state index >= 15 is 0 Å². The van der Waals surface area contributed by atoms with Crippen LogP contribution in [-0.4, -0.2) is 26.7 Å². The van der Waals surface area contributed by atoms with Crippen molar-refractivity contribution in [3.8, 4) is 0 Å². The number of aryl methyl sites for hydroxylation is 1. The van der Waals surface area contributed by atoms with Gasteiger partial charge in [-0.05, 0) is 19.8 Å². The number of nitrogens with zero attached hydrogens (tertiary/aromatic N) is 3. The zero-order valence-electron chi connectivity index (χ0n) is 8.97. The van der Waals surface area contributed by atoms with Crippen molar-refractivity contribution in [2.24, 2.45) is 0 Å². The van der Waals surface area contributed by atoms with Gasteiger partial charge in [0, 0.05) is 17.8 Å². The number of aromatic nitrogens is 3. The van der Waals surface area contributed by atoms with Crippen molar-refractivity contribution < 1.29 is 4.79 Å². The summed E-state index contributed by atoms with van der Waals surface area (Å²) in [6.07, 6.45) is 4.77. The van der Waals surface area contributed by atoms with Gasteiger partial charge in [0.1, 0.15) is 17.8 Å². The average molecular weight is 216 g/mol. The molecular formula is C11H12N4O. The Morgan fingerprint density at radius 2 is 2.38 bits per heavy atom. The summed E-state index contributed by atoms with van der Waals surface area (Å²) in [5, 5.41) is 3.32. The summed E-state index contributed by atoms with van der Waals surface area (Å²) in [7, 11) is 0. The molecular weight excluding hydrogens is 204 g/mol. The van der Waals surface area contributed by atoms with Crippen LogP contribution in [0.4, 0.5) is 5.82 Å². The van der Waals surface area contributed by atoms with Gasteiger partial charge in [-0.25, -0.2) is 9.97 Å². The van der Waals surface area contributed by atoms with E-state index in [0.717, 1.165) is 17.8 Å². The molecule has 0 unspecified atom stereocenters. The SMILES string of the molecule is Cc1cc(NC2CC2)nc2c(C=O)ncn12. The van der Waals surface area contributed by atoms with Crippen molar-refractivity contribution in [3.63, 3.8) is 0 Å². The van der Waals surface area contributed by atoms with Crippen LogP contribution in [0.2, 0.25) is 0 Å². The van der Waals surface area contributed by atoms with Gasteiger partial charge in [-0.15, -0.1) is 0 Å². The van der Waals surface area contributed by atoms with E-state index in [9.17, 15) is 4.79 Å². The van der Waals surface area contributed by atoms with Gasteiger partial charge in [0.15, 0.2) is 11.9 Å². The summed E-state index contributed by atoms with van der Waals surface area (Å²) >= 11 is 0. The molecule has 2 heterocycles. The second kappa shape index (κ2) is 3.30. The lowest BCUT2D eigenvalue weighted by Gasteiger charge is -2.06. The molecule has 0 bridgehead atoms. The Kier molecular flexibility index (Phi) is 1.92. The molecule has 1 saturated carbocycles. The Balaban J connectivity index is 2.12. The molecule has 16 heavy (non-hydrogen) atoms. The molecule has 2 aromatic rings. The molecule has 5 heteroatoms. The highest BCUT2D eigenvalue weighted by Gasteiger charge is 2.21. The Morgan fingerprint density at radius 3 is 3.06 bits per heavy atom. The minimum absolute atomic E-state index is 0.391. The maximum atomic E-state index is 10.8. The van der Waals surface area contributed by atoms with Crippen LogP contribution < -0.4 is 5.32 Å². The fraction of sp³-hybridized carbons (Fsp3) is 0.364. The van der Waals surface area contributed by atoms with Gasteiger partial charge in [-0.3, -0.25) is 9.20 Å². The maximum absolute atomic E-state index is 10.8. The van der Waals surface area contributed by atoms with E-state index in [1.807, 2.05) is 17.4 Å². The van der Waals surface area contributed by atoms with E-state index in [0.29, 0.717) is 17.4 Å². The number of rotatable bonds is 3. The van der Waals surface area contributed by atoms with E-state index in [2.05, 4.69) is 15.3 Å². The molecule has 82 valence electrons. The maximum Gasteiger partial charge on any atom is 0.172 e. The Labute approximate surface area is 92.5 Å². The quantitative estimate of drug-likeness (QED) is 0.788. The molecule has 0 radical (unpaired) electrons. The molecule has 0 spiro atoms. The van der Waals surface area contributed by atoms with Crippen LogP contribution in [0, 0.1) is 6.92 Å². The highest BCUT2D eigenvalue weighted by atomic mass is 16.1. The molecule has 2 aromatic heterocycles. The van der Waals surface area contributed by atoms with Crippen molar-refractivity contribution in [2.75, 3.05) is 5.32 Å². The molecule has 3 rings (SSSR count). The number of anilines is 1. The van der Waals surface area contributed by atoms with Gasteiger partial charge in [0.25, 0.3) is 0 Å². The lowest BCUT2D eigenvalue weighted by Crippen LogP contribution is -2.05. The zero-order valence-corrected chi connectivity index (χ0v) is 8.97. The van der Waals surface area contributed by atoms with Gasteiger partial charge in [0.2, 0.25) is 0 Å². The van der Waals surface area contributed by atoms with Crippen molar-refractivity contribution >= 4 is 17.8 Å². The number of carbonyl (C=O) groups excluding carboxylic acids is 1. The monoisotopic (exact) mass is 216 g/mol. The summed E-state index contributed by atoms with van der Waals surface area (Å²) in [4.78, 5) is 19.2. The van der Waals surface area contributed by atoms with Crippen molar-refractivity contribution in [2.45, 2.75) is 25.8 Å². The van der Waals surface area contributed by atoms with Gasteiger partial charge < -0.3 is 5.32 Å². The number of fused-ring (bicyclic) bond motifs is 1. The first-order chi connectivity index (χ1) is 7.78. The molecule has 5 nitrogen and oxygen atoms in total. The third-order valence-corrected chi connectivity index (χ3v) is 2.76. The average Bonchev–Trinajstić information content (AvgIpc) is 2.96. The summed E-state index contributed by atoms with van der Waals surface area (Å²) in [5.41, 5.74) is 2.04. The van der Waals surface area contributed by atoms with Crippen LogP contribution in [0.5, 0.6) is 0 Å². The summed E-state index contributed by atoms with van der Waals surface area (Å²) in [6.45, 7) is 1.98. The lowest BCUT2D eigenvalue weighted by molar-refractivity contribution is 0.112. The fourth-order valence-corrected chi connectivity index (χ4v) is 1.73. The van der Waals surface area contributed by atoms with Crippen molar-refractivity contribution in [3.05, 3.63) is 23.8 Å². The normalized spacial score (nSPS) is 15.3. The number of imidazole rings is 1. The first kappa shape index (κ1) is 9.33. The third kappa shape index (κ3) is 1.44. The van der Waals surface area contributed by atoms with Crippen LogP contribution in [0.25, 0.3) is 5.65 Å². The summed E-state index contributed by atoms with van der Waals surface area (Å²) in [6, 6.07) is 2.53. The lowest BCUT2D eigenvalue weighted by atomic mass is 10.4. The van der Waals surface area contributed by atoms with Crippen LogP contribution >= 0.6 is 0 Å². The number of aldehydes is 1. The van der Waals surface area contributed by atoms with E-state index in [4.69, 9.17) is 0 Å². The number of hydrogen-bond donors (Lipinski definition) is 1. The van der Waals surface area contributed by atoms with Gasteiger partial charge >= 0.3 is 0 Å². The summed E-state index contributed by atoms with van der Waals surface area (Å²) < 4.78 is 1.82. The second-order valence-electron chi connectivity index (χ2n) is 4.14. The number of nitrogens with one attached hydrogen (secondary N) is 1. The molecule has 0 aromatic carbocycles. The number of carbonyl (C=O) groups is 1. The molecule has 1 aliphatic carbocycles. The third-order valence-electron chi connectivity index (χ3n) is 2.76. The van der Waals surface area contributed by atoms with Gasteiger partial charge in [0.05, 0.1) is 0 Å². The predicted octanol–water partition coefficient (Wildman–Crippen LogP) is 1.42. The molecule has 1 aliphatic rings. The summed E-state index contributed by atoms with van der Waals surface area (Å²) in [5.74, 6) is 0.830. The standard InChI is InChI=1S/C11H12N4O/c1-7-4-10(13-8-2-3-8)14-11-9(5-16)12-6-15(7)11/h4-6,8H,2-3H2,1H3,(H,13,14). The molecule has 0 saturated heterocycles. The van der Waals surface area contributed by atoms with Crippen LogP contribution in [0.1, 0.15) is 29.0 Å². The highest BCUT2D eigenvalue weighted by Crippen LogP contribution is 2.24. The molecule has 0 aliphatic heterocycles. The molecule has 1 fully saturated rings. The Bertz CT molecular complexity index is 556. The largest absolute Gasteiger partial charge is 0.367 e. The molecule has 0 atom stereocenters. The topological polar surface area (TPSA) is 59.3 Å². The van der Waals surface area contributed by atoms with E-state index in [1.54, 1.807) is 6.33 Å². The minimum atomic E-state index is 0.391.